The maximum atomic E-state index is 10.7. The van der Waals surface area contributed by atoms with E-state index in [1.807, 2.05) is 19.3 Å². The molecular weight excluding hydrogens is 252 g/mol. The number of imidazole rings is 1. The Morgan fingerprint density at radius 3 is 2.75 bits per heavy atom. The molecule has 1 saturated carbocycles. The average molecular weight is 280 g/mol. The van der Waals surface area contributed by atoms with Crippen molar-refractivity contribution >= 4 is 0 Å². The Kier molecular flexibility index (Phi) is 5.61. The SMILES string of the molecule is CCCn1ccnc1CC(O)C1(OCC)CCCCC1. The predicted octanol–water partition coefficient (Wildman–Crippen LogP) is 2.94. The summed E-state index contributed by atoms with van der Waals surface area (Å²) in [5, 5.41) is 10.7. The molecule has 0 saturated heterocycles. The lowest BCUT2D eigenvalue weighted by Crippen LogP contribution is -2.48. The number of hydrogen-bond acceptors (Lipinski definition) is 3. The number of aliphatic hydroxyl groups excluding tert-OH is 1. The van der Waals surface area contributed by atoms with E-state index in [1.54, 1.807) is 0 Å². The van der Waals surface area contributed by atoms with E-state index in [1.165, 1.54) is 6.42 Å². The minimum atomic E-state index is -0.458. The fraction of sp³-hybridized carbons (Fsp3) is 0.812. The Bertz CT molecular complexity index is 391. The molecule has 1 N–H and O–H groups in total. The molecule has 4 heteroatoms. The number of aromatic nitrogens is 2. The zero-order valence-electron chi connectivity index (χ0n) is 12.8. The van der Waals surface area contributed by atoms with Crippen molar-refractivity contribution in [1.82, 2.24) is 9.55 Å². The number of aliphatic hydroxyl groups is 1. The van der Waals surface area contributed by atoms with Crippen LogP contribution in [0.4, 0.5) is 0 Å². The number of nitrogens with zero attached hydrogens (tertiary/aromatic N) is 2. The van der Waals surface area contributed by atoms with Crippen LogP contribution in [0.3, 0.4) is 0 Å². The van der Waals surface area contributed by atoms with Gasteiger partial charge in [-0.2, -0.15) is 0 Å². The lowest BCUT2D eigenvalue weighted by Gasteiger charge is -2.40. The summed E-state index contributed by atoms with van der Waals surface area (Å²) in [7, 11) is 0. The van der Waals surface area contributed by atoms with Gasteiger partial charge in [0.25, 0.3) is 0 Å². The van der Waals surface area contributed by atoms with E-state index in [0.717, 1.165) is 44.5 Å². The van der Waals surface area contributed by atoms with Crippen LogP contribution >= 0.6 is 0 Å². The third-order valence-corrected chi connectivity index (χ3v) is 4.38. The molecule has 0 amide bonds. The predicted molar refractivity (Wildman–Crippen MR) is 79.7 cm³/mol. The summed E-state index contributed by atoms with van der Waals surface area (Å²) in [6, 6.07) is 0. The fourth-order valence-electron chi connectivity index (χ4n) is 3.34. The van der Waals surface area contributed by atoms with E-state index >= 15 is 0 Å². The molecule has 1 heterocycles. The standard InChI is InChI=1S/C16H28N2O2/c1-3-11-18-12-10-17-15(18)13-14(19)16(20-4-2)8-6-5-7-9-16/h10,12,14,19H,3-9,11,13H2,1-2H3. The molecule has 0 aliphatic heterocycles. The minimum Gasteiger partial charge on any atom is -0.390 e. The molecule has 0 radical (unpaired) electrons. The van der Waals surface area contributed by atoms with Gasteiger partial charge in [0.1, 0.15) is 5.82 Å². The van der Waals surface area contributed by atoms with Crippen LogP contribution in [0.15, 0.2) is 12.4 Å². The number of rotatable bonds is 7. The van der Waals surface area contributed by atoms with Crippen molar-refractivity contribution in [3.63, 3.8) is 0 Å². The average Bonchev–Trinajstić information content (AvgIpc) is 2.88. The van der Waals surface area contributed by atoms with Crippen molar-refractivity contribution in [3.8, 4) is 0 Å². The molecule has 1 unspecified atom stereocenters. The van der Waals surface area contributed by atoms with Gasteiger partial charge < -0.3 is 14.4 Å². The van der Waals surface area contributed by atoms with Crippen LogP contribution in [0.1, 0.15) is 58.2 Å². The van der Waals surface area contributed by atoms with Gasteiger partial charge in [0.05, 0.1) is 11.7 Å². The molecule has 4 nitrogen and oxygen atoms in total. The zero-order chi connectivity index (χ0) is 14.4. The van der Waals surface area contributed by atoms with Crippen LogP contribution in [0.5, 0.6) is 0 Å². The summed E-state index contributed by atoms with van der Waals surface area (Å²) in [6.07, 6.45) is 10.5. The highest BCUT2D eigenvalue weighted by Crippen LogP contribution is 2.35. The van der Waals surface area contributed by atoms with Gasteiger partial charge in [-0.05, 0) is 26.2 Å². The van der Waals surface area contributed by atoms with Gasteiger partial charge in [-0.15, -0.1) is 0 Å². The van der Waals surface area contributed by atoms with Crippen LogP contribution in [-0.2, 0) is 17.7 Å². The second-order valence-corrected chi connectivity index (χ2v) is 5.82. The van der Waals surface area contributed by atoms with Crippen LogP contribution in [-0.4, -0.2) is 33.0 Å². The number of hydrogen-bond donors (Lipinski definition) is 1. The first kappa shape index (κ1) is 15.5. The molecule has 1 aromatic heterocycles. The van der Waals surface area contributed by atoms with E-state index in [0.29, 0.717) is 13.0 Å². The summed E-state index contributed by atoms with van der Waals surface area (Å²) in [4.78, 5) is 4.41. The molecule has 0 spiro atoms. The quantitative estimate of drug-likeness (QED) is 0.835. The Balaban J connectivity index is 2.07. The molecule has 2 rings (SSSR count). The maximum Gasteiger partial charge on any atom is 0.111 e. The summed E-state index contributed by atoms with van der Waals surface area (Å²) < 4.78 is 8.14. The van der Waals surface area contributed by atoms with Gasteiger partial charge in [0, 0.05) is 32.0 Å². The molecule has 0 bridgehead atoms. The minimum absolute atomic E-state index is 0.351. The molecular formula is C16H28N2O2. The van der Waals surface area contributed by atoms with Gasteiger partial charge in [-0.1, -0.05) is 26.2 Å². The second-order valence-electron chi connectivity index (χ2n) is 5.82. The first-order valence-electron chi connectivity index (χ1n) is 8.04. The van der Waals surface area contributed by atoms with E-state index in [-0.39, 0.29) is 5.60 Å². The fourth-order valence-corrected chi connectivity index (χ4v) is 3.34. The Labute approximate surface area is 122 Å². The molecule has 1 aliphatic carbocycles. The highest BCUT2D eigenvalue weighted by molar-refractivity contribution is 5.00. The number of ether oxygens (including phenoxy) is 1. The van der Waals surface area contributed by atoms with E-state index in [9.17, 15) is 5.11 Å². The van der Waals surface area contributed by atoms with Crippen molar-refractivity contribution in [2.24, 2.45) is 0 Å². The van der Waals surface area contributed by atoms with Crippen molar-refractivity contribution in [3.05, 3.63) is 18.2 Å². The van der Waals surface area contributed by atoms with Gasteiger partial charge in [0.2, 0.25) is 0 Å². The largest absolute Gasteiger partial charge is 0.390 e. The van der Waals surface area contributed by atoms with Crippen LogP contribution in [0.25, 0.3) is 0 Å². The van der Waals surface area contributed by atoms with Crippen molar-refractivity contribution in [1.29, 1.82) is 0 Å². The number of aryl methyl sites for hydroxylation is 1. The smallest absolute Gasteiger partial charge is 0.111 e. The normalized spacial score (nSPS) is 19.9. The molecule has 0 aromatic carbocycles. The molecule has 1 atom stereocenters. The van der Waals surface area contributed by atoms with Crippen LogP contribution in [0.2, 0.25) is 0 Å². The molecule has 1 aromatic rings. The van der Waals surface area contributed by atoms with Crippen molar-refractivity contribution < 1.29 is 9.84 Å². The Hall–Kier alpha value is -0.870. The maximum absolute atomic E-state index is 10.7. The molecule has 114 valence electrons. The van der Waals surface area contributed by atoms with Crippen molar-refractivity contribution in [2.75, 3.05) is 6.61 Å². The summed E-state index contributed by atoms with van der Waals surface area (Å²) in [6.45, 7) is 5.80. The van der Waals surface area contributed by atoms with Gasteiger partial charge >= 0.3 is 0 Å². The highest BCUT2D eigenvalue weighted by atomic mass is 16.5. The van der Waals surface area contributed by atoms with Gasteiger partial charge in [0.15, 0.2) is 0 Å². The highest BCUT2D eigenvalue weighted by Gasteiger charge is 2.40. The second kappa shape index (κ2) is 7.23. The van der Waals surface area contributed by atoms with E-state index in [2.05, 4.69) is 16.5 Å². The monoisotopic (exact) mass is 280 g/mol. The lowest BCUT2D eigenvalue weighted by molar-refractivity contribution is -0.139. The topological polar surface area (TPSA) is 47.3 Å². The summed E-state index contributed by atoms with van der Waals surface area (Å²) >= 11 is 0. The van der Waals surface area contributed by atoms with Gasteiger partial charge in [-0.25, -0.2) is 4.98 Å². The van der Waals surface area contributed by atoms with Crippen molar-refractivity contribution in [2.45, 2.75) is 77.0 Å². The van der Waals surface area contributed by atoms with Crippen LogP contribution in [0, 0.1) is 0 Å². The zero-order valence-corrected chi connectivity index (χ0v) is 12.8. The molecule has 1 fully saturated rings. The third-order valence-electron chi connectivity index (χ3n) is 4.38. The lowest BCUT2D eigenvalue weighted by atomic mass is 9.79. The Morgan fingerprint density at radius 1 is 1.35 bits per heavy atom. The first-order chi connectivity index (χ1) is 9.72. The summed E-state index contributed by atoms with van der Waals surface area (Å²) in [5.74, 6) is 0.976. The third kappa shape index (κ3) is 3.41. The van der Waals surface area contributed by atoms with Crippen LogP contribution < -0.4 is 0 Å². The molecule has 20 heavy (non-hydrogen) atoms. The van der Waals surface area contributed by atoms with Gasteiger partial charge in [-0.3, -0.25) is 0 Å². The molecule has 1 aliphatic rings. The summed E-state index contributed by atoms with van der Waals surface area (Å²) in [5.41, 5.74) is -0.351. The van der Waals surface area contributed by atoms with E-state index in [4.69, 9.17) is 4.74 Å². The van der Waals surface area contributed by atoms with E-state index < -0.39 is 6.10 Å². The Morgan fingerprint density at radius 2 is 2.10 bits per heavy atom. The first-order valence-corrected chi connectivity index (χ1v) is 8.04.